The van der Waals surface area contributed by atoms with Gasteiger partial charge in [0.25, 0.3) is 0 Å². The number of aliphatic imine (C=N–C) groups is 1. The van der Waals surface area contributed by atoms with Crippen LogP contribution in [0.15, 0.2) is 17.0 Å². The van der Waals surface area contributed by atoms with Crippen molar-refractivity contribution in [2.45, 2.75) is 0 Å². The first-order chi connectivity index (χ1) is 4.20. The molecule has 0 aromatic carbocycles. The van der Waals surface area contributed by atoms with Crippen molar-refractivity contribution in [3.63, 3.8) is 0 Å². The Morgan fingerprint density at radius 3 is 2.67 bits per heavy atom. The molecule has 0 rings (SSSR count). The fourth-order valence-corrected chi connectivity index (χ4v) is 0.348. The maximum atomic E-state index is 5.45. The van der Waals surface area contributed by atoms with E-state index >= 15 is 0 Å². The Hall–Kier alpha value is -0.700. The Labute approximate surface area is 59.2 Å². The Morgan fingerprint density at radius 1 is 1.78 bits per heavy atom. The van der Waals surface area contributed by atoms with Crippen LogP contribution in [0.25, 0.3) is 0 Å². The second-order valence-corrected chi connectivity index (χ2v) is 1.68. The summed E-state index contributed by atoms with van der Waals surface area (Å²) in [5.74, 6) is 0.255. The van der Waals surface area contributed by atoms with E-state index in [1.165, 1.54) is 13.2 Å². The van der Waals surface area contributed by atoms with Crippen molar-refractivity contribution in [3.05, 3.63) is 12.0 Å². The topological polar surface area (TPSA) is 47.6 Å². The number of halogens is 1. The number of nitrogens with zero attached hydrogens (tertiary/aromatic N) is 1. The van der Waals surface area contributed by atoms with Crippen LogP contribution >= 0.6 is 11.6 Å². The van der Waals surface area contributed by atoms with Crippen molar-refractivity contribution in [2.24, 2.45) is 10.7 Å². The highest BCUT2D eigenvalue weighted by atomic mass is 35.5. The molecule has 0 aliphatic carbocycles. The molecule has 0 bridgehead atoms. The zero-order valence-electron chi connectivity index (χ0n) is 5.39. The van der Waals surface area contributed by atoms with Gasteiger partial charge in [0.15, 0.2) is 5.88 Å². The number of nitrogens with two attached hydrogens (primary N) is 1. The summed E-state index contributed by atoms with van der Waals surface area (Å²) in [6.07, 6.45) is 1.43. The first-order valence-corrected chi connectivity index (χ1v) is 2.72. The lowest BCUT2D eigenvalue weighted by Crippen LogP contribution is -2.00. The van der Waals surface area contributed by atoms with Gasteiger partial charge < -0.3 is 10.5 Å². The number of hydrogen-bond acceptors (Lipinski definition) is 3. The molecule has 0 heterocycles. The van der Waals surface area contributed by atoms with E-state index in [0.717, 1.165) is 0 Å². The summed E-state index contributed by atoms with van der Waals surface area (Å²) < 4.78 is 4.60. The van der Waals surface area contributed by atoms with E-state index < -0.39 is 0 Å². The highest BCUT2D eigenvalue weighted by Crippen LogP contribution is 1.90. The Balaban J connectivity index is 3.95. The molecule has 0 aromatic heterocycles. The van der Waals surface area contributed by atoms with E-state index in [1.807, 2.05) is 0 Å². The van der Waals surface area contributed by atoms with Crippen LogP contribution in [-0.2, 0) is 4.74 Å². The molecule has 0 spiro atoms. The molecule has 3 nitrogen and oxygen atoms in total. The van der Waals surface area contributed by atoms with Crippen LogP contribution in [-0.4, -0.2) is 19.3 Å². The Bertz CT molecular complexity index is 142. The average molecular weight is 149 g/mol. The van der Waals surface area contributed by atoms with Gasteiger partial charge in [-0.25, -0.2) is 0 Å². The van der Waals surface area contributed by atoms with Crippen LogP contribution in [0.3, 0.4) is 0 Å². The van der Waals surface area contributed by atoms with Crippen LogP contribution in [0.4, 0.5) is 0 Å². The molecule has 0 aliphatic heterocycles. The van der Waals surface area contributed by atoms with Gasteiger partial charge >= 0.3 is 0 Å². The molecule has 0 saturated heterocycles. The second-order valence-electron chi connectivity index (χ2n) is 1.30. The van der Waals surface area contributed by atoms with Gasteiger partial charge in [-0.1, -0.05) is 11.6 Å². The second kappa shape index (κ2) is 4.21. The first kappa shape index (κ1) is 8.30. The molecule has 0 aliphatic rings. The normalized spacial score (nSPS) is 13.7. The van der Waals surface area contributed by atoms with Gasteiger partial charge in [0.05, 0.1) is 7.11 Å². The minimum absolute atomic E-state index is 0.255. The van der Waals surface area contributed by atoms with Crippen molar-refractivity contribution < 1.29 is 4.74 Å². The van der Waals surface area contributed by atoms with E-state index in [0.29, 0.717) is 5.17 Å². The van der Waals surface area contributed by atoms with Crippen molar-refractivity contribution >= 4 is 16.8 Å². The van der Waals surface area contributed by atoms with E-state index in [9.17, 15) is 0 Å². The molecule has 2 N–H and O–H groups in total. The van der Waals surface area contributed by atoms with Gasteiger partial charge in [-0.05, 0) is 0 Å². The molecule has 52 valence electrons. The number of methoxy groups -OCH3 is 1. The van der Waals surface area contributed by atoms with E-state index in [2.05, 4.69) is 9.73 Å². The third kappa shape index (κ3) is 3.85. The summed E-state index contributed by atoms with van der Waals surface area (Å²) in [5, 5.41) is 0.328. The summed E-state index contributed by atoms with van der Waals surface area (Å²) >= 11 is 5.45. The molecular formula is C5H9ClN2O. The van der Waals surface area contributed by atoms with Gasteiger partial charge in [-0.3, -0.25) is 4.99 Å². The van der Waals surface area contributed by atoms with Crippen LogP contribution in [0.1, 0.15) is 0 Å². The number of hydrogen-bond donors (Lipinski definition) is 1. The molecule has 0 atom stereocenters. The van der Waals surface area contributed by atoms with E-state index in [1.54, 1.807) is 7.05 Å². The van der Waals surface area contributed by atoms with Gasteiger partial charge in [-0.15, -0.1) is 0 Å². The SMILES string of the molecule is CN=C(Cl)C=C(N)OC. The summed E-state index contributed by atoms with van der Waals surface area (Å²) in [5.41, 5.74) is 5.22. The zero-order chi connectivity index (χ0) is 7.28. The highest BCUT2D eigenvalue weighted by Gasteiger charge is 1.87. The lowest BCUT2D eigenvalue weighted by Gasteiger charge is -1.94. The van der Waals surface area contributed by atoms with E-state index in [-0.39, 0.29) is 5.88 Å². The van der Waals surface area contributed by atoms with Gasteiger partial charge in [0, 0.05) is 13.1 Å². The number of allylic oxidation sites excluding steroid dienone is 1. The summed E-state index contributed by atoms with van der Waals surface area (Å²) in [6, 6.07) is 0. The molecule has 0 amide bonds. The number of rotatable bonds is 2. The molecular weight excluding hydrogens is 140 g/mol. The molecule has 0 unspecified atom stereocenters. The molecule has 0 radical (unpaired) electrons. The van der Waals surface area contributed by atoms with Gasteiger partial charge in [-0.2, -0.15) is 0 Å². The summed E-state index contributed by atoms with van der Waals surface area (Å²) in [6.45, 7) is 0. The van der Waals surface area contributed by atoms with Crippen LogP contribution in [0.2, 0.25) is 0 Å². The quantitative estimate of drug-likeness (QED) is 0.463. The fraction of sp³-hybridized carbons (Fsp3) is 0.400. The lowest BCUT2D eigenvalue weighted by atomic mass is 10.6. The molecule has 0 saturated carbocycles. The minimum Gasteiger partial charge on any atom is -0.483 e. The minimum atomic E-state index is 0.255. The third-order valence-electron chi connectivity index (χ3n) is 0.711. The maximum absolute atomic E-state index is 5.45. The van der Waals surface area contributed by atoms with Crippen LogP contribution in [0.5, 0.6) is 0 Å². The first-order valence-electron chi connectivity index (χ1n) is 2.34. The van der Waals surface area contributed by atoms with Crippen LogP contribution in [0, 0.1) is 0 Å². The van der Waals surface area contributed by atoms with Crippen molar-refractivity contribution in [3.8, 4) is 0 Å². The van der Waals surface area contributed by atoms with E-state index in [4.69, 9.17) is 17.3 Å². The predicted octanol–water partition coefficient (Wildman–Crippen LogP) is 0.700. The predicted molar refractivity (Wildman–Crippen MR) is 38.5 cm³/mol. The molecule has 0 aromatic rings. The molecule has 0 fully saturated rings. The maximum Gasteiger partial charge on any atom is 0.186 e. The monoisotopic (exact) mass is 148 g/mol. The van der Waals surface area contributed by atoms with Crippen molar-refractivity contribution in [2.75, 3.05) is 14.2 Å². The van der Waals surface area contributed by atoms with Crippen LogP contribution < -0.4 is 5.73 Å². The van der Waals surface area contributed by atoms with Crippen molar-refractivity contribution in [1.29, 1.82) is 0 Å². The van der Waals surface area contributed by atoms with Gasteiger partial charge in [0.2, 0.25) is 0 Å². The van der Waals surface area contributed by atoms with Gasteiger partial charge in [0.1, 0.15) is 5.17 Å². The molecule has 4 heteroatoms. The zero-order valence-corrected chi connectivity index (χ0v) is 6.14. The lowest BCUT2D eigenvalue weighted by molar-refractivity contribution is 0.288. The Kier molecular flexibility index (Phi) is 3.88. The standard InChI is InChI=1S/C5H9ClN2O/c1-8-4(6)3-5(7)9-2/h3H,7H2,1-2H3. The highest BCUT2D eigenvalue weighted by molar-refractivity contribution is 6.68. The van der Waals surface area contributed by atoms with Crippen molar-refractivity contribution in [1.82, 2.24) is 0 Å². The smallest absolute Gasteiger partial charge is 0.186 e. The summed E-state index contributed by atoms with van der Waals surface area (Å²) in [4.78, 5) is 3.62. The third-order valence-corrected chi connectivity index (χ3v) is 0.989. The number of ether oxygens (including phenoxy) is 1. The Morgan fingerprint density at radius 2 is 2.33 bits per heavy atom. The average Bonchev–Trinajstić information content (AvgIpc) is 1.87. The largest absolute Gasteiger partial charge is 0.483 e. The summed E-state index contributed by atoms with van der Waals surface area (Å²) in [7, 11) is 3.04. The fourth-order valence-electron chi connectivity index (χ4n) is 0.241. The molecule has 9 heavy (non-hydrogen) atoms.